The number of Topliss-reactive ketones (excluding diaryl/α,β-unsaturated/α-hetero) is 1. The predicted molar refractivity (Wildman–Crippen MR) is 151 cm³/mol. The number of allylic oxidation sites excluding steroid dienone is 1. The lowest BCUT2D eigenvalue weighted by Crippen LogP contribution is -2.68. The normalized spacial score (nSPS) is 39.9. The summed E-state index contributed by atoms with van der Waals surface area (Å²) in [6.45, 7) is 18.3. The molecular formula is C33H45NO6. The third kappa shape index (κ3) is 3.59. The molecule has 2 heterocycles. The van der Waals surface area contributed by atoms with E-state index in [1.54, 1.807) is 0 Å². The van der Waals surface area contributed by atoms with E-state index in [2.05, 4.69) is 32.3 Å². The highest BCUT2D eigenvalue weighted by Crippen LogP contribution is 2.64. The fraction of sp³-hybridized carbons (Fsp3) is 0.697. The number of carbonyl (C=O) groups is 2. The molecule has 1 spiro atoms. The van der Waals surface area contributed by atoms with Gasteiger partial charge in [-0.05, 0) is 88.3 Å². The van der Waals surface area contributed by atoms with Crippen molar-refractivity contribution in [2.45, 2.75) is 111 Å². The van der Waals surface area contributed by atoms with Gasteiger partial charge in [-0.15, -0.1) is 0 Å². The molecule has 2 bridgehead atoms. The molecule has 1 N–H and O–H groups in total. The van der Waals surface area contributed by atoms with Crippen molar-refractivity contribution < 1.29 is 28.9 Å². The molecule has 0 amide bonds. The first-order chi connectivity index (χ1) is 18.6. The summed E-state index contributed by atoms with van der Waals surface area (Å²) in [4.78, 5) is 28.8. The highest BCUT2D eigenvalue weighted by Gasteiger charge is 2.74. The fourth-order valence-corrected chi connectivity index (χ4v) is 8.41. The average Bonchev–Trinajstić information content (AvgIpc) is 3.62. The number of hydrogen-bond donors (Lipinski definition) is 1. The number of rotatable bonds is 3. The van der Waals surface area contributed by atoms with Crippen LogP contribution in [0, 0.1) is 42.4 Å². The Morgan fingerprint density at radius 1 is 1.10 bits per heavy atom. The number of fused-ring (bicyclic) bond motifs is 3. The Morgan fingerprint density at radius 3 is 2.42 bits per heavy atom. The summed E-state index contributed by atoms with van der Waals surface area (Å²) in [6, 6.07) is 2.32. The Morgan fingerprint density at radius 2 is 1.77 bits per heavy atom. The summed E-state index contributed by atoms with van der Waals surface area (Å²) in [5.74, 6) is -1.91. The second-order valence-electron chi connectivity index (χ2n) is 14.4. The molecule has 0 aromatic carbocycles. The highest BCUT2D eigenvalue weighted by molar-refractivity contribution is 5.96. The molecule has 6 rings (SSSR count). The van der Waals surface area contributed by atoms with Crippen LogP contribution in [0.15, 0.2) is 29.4 Å². The monoisotopic (exact) mass is 551 g/mol. The molecule has 3 fully saturated rings. The maximum absolute atomic E-state index is 14.9. The van der Waals surface area contributed by atoms with Gasteiger partial charge in [0.1, 0.15) is 6.10 Å². The van der Waals surface area contributed by atoms with Crippen LogP contribution in [0.4, 0.5) is 0 Å². The van der Waals surface area contributed by atoms with Crippen LogP contribution < -0.4 is 0 Å². The van der Waals surface area contributed by atoms with E-state index in [4.69, 9.17) is 14.2 Å². The number of hydrogen-bond acceptors (Lipinski definition) is 6. The predicted octanol–water partition coefficient (Wildman–Crippen LogP) is 5.62. The maximum atomic E-state index is 14.9. The zero-order chi connectivity index (χ0) is 29.2. The van der Waals surface area contributed by atoms with Crippen LogP contribution in [0.5, 0.6) is 0 Å². The molecule has 0 unspecified atom stereocenters. The molecule has 7 atom stereocenters. The fourth-order valence-electron chi connectivity index (χ4n) is 8.41. The lowest BCUT2D eigenvalue weighted by Gasteiger charge is -2.52. The lowest BCUT2D eigenvalue weighted by atomic mass is 9.59. The van der Waals surface area contributed by atoms with Gasteiger partial charge in [-0.3, -0.25) is 4.79 Å². The van der Waals surface area contributed by atoms with E-state index in [0.717, 1.165) is 36.2 Å². The Kier molecular flexibility index (Phi) is 6.04. The summed E-state index contributed by atoms with van der Waals surface area (Å²) < 4.78 is 21.1. The van der Waals surface area contributed by atoms with Gasteiger partial charge in [0.2, 0.25) is 0 Å². The van der Waals surface area contributed by atoms with Crippen molar-refractivity contribution in [3.63, 3.8) is 0 Å². The molecule has 1 aromatic rings. The third-order valence-electron chi connectivity index (χ3n) is 11.1. The van der Waals surface area contributed by atoms with Crippen LogP contribution in [0.1, 0.15) is 95.5 Å². The van der Waals surface area contributed by atoms with Crippen molar-refractivity contribution in [1.29, 1.82) is 0 Å². The van der Waals surface area contributed by atoms with Crippen molar-refractivity contribution in [1.82, 2.24) is 4.57 Å². The van der Waals surface area contributed by atoms with Crippen LogP contribution >= 0.6 is 0 Å². The molecule has 1 saturated heterocycles. The van der Waals surface area contributed by atoms with Crippen LogP contribution in [0.3, 0.4) is 0 Å². The van der Waals surface area contributed by atoms with Gasteiger partial charge in [-0.1, -0.05) is 39.8 Å². The molecule has 0 radical (unpaired) electrons. The Hall–Kier alpha value is -2.22. The minimum absolute atomic E-state index is 0.0232. The van der Waals surface area contributed by atoms with Gasteiger partial charge in [0.25, 0.3) is 0 Å². The van der Waals surface area contributed by atoms with Crippen LogP contribution in [0.2, 0.25) is 0 Å². The quantitative estimate of drug-likeness (QED) is 0.388. The summed E-state index contributed by atoms with van der Waals surface area (Å²) in [5.41, 5.74) is 0.393. The molecule has 40 heavy (non-hydrogen) atoms. The molecule has 1 aliphatic heterocycles. The first-order valence-corrected chi connectivity index (χ1v) is 14.9. The molecule has 1 aromatic heterocycles. The van der Waals surface area contributed by atoms with E-state index in [9.17, 15) is 14.7 Å². The van der Waals surface area contributed by atoms with E-state index in [-0.39, 0.29) is 29.6 Å². The molecule has 7 nitrogen and oxygen atoms in total. The number of aromatic nitrogens is 1. The van der Waals surface area contributed by atoms with E-state index < -0.39 is 40.9 Å². The smallest absolute Gasteiger partial charge is 0.340 e. The SMILES string of the molecule is CC1=C[C@]23C(=O)[C@@H](C=C4COC(C)(C)O[C@H]4[C@]2(O)[C@H]1OC(=O)c1cc(C)n(C2CC2)c1C)C(C)(C)[C@@H](C)C[C@H]3C. The second-order valence-corrected chi connectivity index (χ2v) is 14.4. The minimum atomic E-state index is -1.83. The molecule has 4 aliphatic carbocycles. The topological polar surface area (TPSA) is 87.0 Å². The minimum Gasteiger partial charge on any atom is -0.451 e. The van der Waals surface area contributed by atoms with Gasteiger partial charge >= 0.3 is 5.97 Å². The maximum Gasteiger partial charge on any atom is 0.340 e. The van der Waals surface area contributed by atoms with Gasteiger partial charge in [-0.2, -0.15) is 0 Å². The number of esters is 1. The average molecular weight is 552 g/mol. The third-order valence-corrected chi connectivity index (χ3v) is 11.1. The van der Waals surface area contributed by atoms with E-state index in [1.807, 2.05) is 52.8 Å². The number of aryl methyl sites for hydroxylation is 1. The van der Waals surface area contributed by atoms with Crippen LogP contribution in [0.25, 0.3) is 0 Å². The van der Waals surface area contributed by atoms with Crippen LogP contribution in [-0.4, -0.2) is 51.6 Å². The first kappa shape index (κ1) is 27.9. The van der Waals surface area contributed by atoms with Crippen molar-refractivity contribution in [2.75, 3.05) is 6.61 Å². The number of ether oxygens (including phenoxy) is 3. The van der Waals surface area contributed by atoms with Crippen molar-refractivity contribution in [3.05, 3.63) is 46.3 Å². The van der Waals surface area contributed by atoms with Crippen LogP contribution in [-0.2, 0) is 19.0 Å². The van der Waals surface area contributed by atoms with Gasteiger partial charge in [-0.25, -0.2) is 4.79 Å². The van der Waals surface area contributed by atoms with Gasteiger partial charge < -0.3 is 23.9 Å². The summed E-state index contributed by atoms with van der Waals surface area (Å²) in [5, 5.41) is 13.2. The van der Waals surface area contributed by atoms with E-state index >= 15 is 0 Å². The Labute approximate surface area is 237 Å². The largest absolute Gasteiger partial charge is 0.451 e. The molecule has 5 aliphatic rings. The van der Waals surface area contributed by atoms with Gasteiger partial charge in [0, 0.05) is 23.3 Å². The summed E-state index contributed by atoms with van der Waals surface area (Å²) in [6.07, 6.45) is 4.98. The molecular weight excluding hydrogens is 506 g/mol. The number of carbonyl (C=O) groups excluding carboxylic acids is 2. The Bertz CT molecular complexity index is 1340. The molecule has 2 saturated carbocycles. The first-order valence-electron chi connectivity index (χ1n) is 14.9. The number of aliphatic hydroxyl groups is 1. The number of ketones is 1. The zero-order valence-electron chi connectivity index (χ0n) is 25.5. The lowest BCUT2D eigenvalue weighted by molar-refractivity contribution is -0.302. The Balaban J connectivity index is 1.51. The van der Waals surface area contributed by atoms with Crippen molar-refractivity contribution in [2.24, 2.45) is 28.6 Å². The molecule has 218 valence electrons. The van der Waals surface area contributed by atoms with E-state index in [0.29, 0.717) is 17.2 Å². The van der Waals surface area contributed by atoms with Crippen molar-refractivity contribution in [3.8, 4) is 0 Å². The second kappa shape index (κ2) is 8.65. The zero-order valence-corrected chi connectivity index (χ0v) is 25.5. The summed E-state index contributed by atoms with van der Waals surface area (Å²) >= 11 is 0. The summed E-state index contributed by atoms with van der Waals surface area (Å²) in [7, 11) is 0. The van der Waals surface area contributed by atoms with Gasteiger partial charge in [0.05, 0.1) is 17.6 Å². The van der Waals surface area contributed by atoms with E-state index in [1.165, 1.54) is 0 Å². The molecule has 7 heteroatoms. The standard InChI is InChI=1S/C33H45NO6/c1-17-15-32-19(3)12-18(2)30(6,7)25(26(32)35)14-22-16-38-31(8,9)40-28(22)33(32,37)27(17)39-29(36)24-13-20(4)34(21(24)5)23-10-11-23/h13-15,18-19,23,25,27-28,37H,10-12,16H2,1-9H3/t18-,19+,25+,27-,28+,32-,33+/m0/s1. The highest BCUT2D eigenvalue weighted by atomic mass is 16.7. The van der Waals surface area contributed by atoms with Gasteiger partial charge in [0.15, 0.2) is 23.3 Å². The number of nitrogens with zero attached hydrogens (tertiary/aromatic N) is 1. The van der Waals surface area contributed by atoms with Crippen molar-refractivity contribution >= 4 is 11.8 Å².